The molecule has 0 atom stereocenters. The zero-order valence-electron chi connectivity index (χ0n) is 19.9. The highest BCUT2D eigenvalue weighted by molar-refractivity contribution is 7.80. The largest absolute Gasteiger partial charge is 0.497 e. The van der Waals surface area contributed by atoms with Crippen molar-refractivity contribution in [1.29, 1.82) is 0 Å². The first-order valence-electron chi connectivity index (χ1n) is 10.9. The van der Waals surface area contributed by atoms with E-state index in [2.05, 4.69) is 36.4 Å². The van der Waals surface area contributed by atoms with Gasteiger partial charge in [-0.3, -0.25) is 10.1 Å². The number of carbonyl (C=O) groups is 1. The van der Waals surface area contributed by atoms with E-state index in [1.807, 2.05) is 67.6 Å². The zero-order valence-corrected chi connectivity index (χ0v) is 20.7. The summed E-state index contributed by atoms with van der Waals surface area (Å²) in [5.41, 5.74) is 5.62. The summed E-state index contributed by atoms with van der Waals surface area (Å²) in [7, 11) is 1.61. The van der Waals surface area contributed by atoms with E-state index in [9.17, 15) is 4.79 Å². The lowest BCUT2D eigenvalue weighted by Gasteiger charge is -2.19. The van der Waals surface area contributed by atoms with Crippen LogP contribution in [0.3, 0.4) is 0 Å². The van der Waals surface area contributed by atoms with E-state index in [-0.39, 0.29) is 16.4 Å². The Morgan fingerprint density at radius 1 is 1.03 bits per heavy atom. The Kier molecular flexibility index (Phi) is 6.39. The van der Waals surface area contributed by atoms with Crippen LogP contribution in [0.15, 0.2) is 65.1 Å². The Morgan fingerprint density at radius 2 is 1.76 bits per heavy atom. The molecular formula is C27H27N3O3S. The van der Waals surface area contributed by atoms with Gasteiger partial charge in [0.1, 0.15) is 11.3 Å². The fraction of sp³-hybridized carbons (Fsp3) is 0.222. The lowest BCUT2D eigenvalue weighted by molar-refractivity contribution is 0.0977. The maximum absolute atomic E-state index is 12.7. The number of amides is 1. The summed E-state index contributed by atoms with van der Waals surface area (Å²) in [6, 6.07) is 18.8. The molecule has 4 aromatic rings. The second-order valence-corrected chi connectivity index (χ2v) is 9.53. The number of aryl methyl sites for hydroxylation is 1. The number of nitrogens with zero attached hydrogens (tertiary/aromatic N) is 1. The predicted molar refractivity (Wildman–Crippen MR) is 140 cm³/mol. The number of anilines is 1. The van der Waals surface area contributed by atoms with Crippen LogP contribution in [0.1, 0.15) is 42.3 Å². The molecule has 1 aromatic heterocycles. The molecule has 0 aliphatic rings. The first-order valence-corrected chi connectivity index (χ1v) is 11.3. The van der Waals surface area contributed by atoms with Crippen molar-refractivity contribution in [2.45, 2.75) is 33.1 Å². The Morgan fingerprint density at radius 3 is 2.44 bits per heavy atom. The van der Waals surface area contributed by atoms with Gasteiger partial charge in [0.15, 0.2) is 10.7 Å². The fourth-order valence-electron chi connectivity index (χ4n) is 3.50. The third-order valence-corrected chi connectivity index (χ3v) is 5.77. The molecule has 1 heterocycles. The second kappa shape index (κ2) is 9.27. The topological polar surface area (TPSA) is 76.4 Å². The van der Waals surface area contributed by atoms with E-state index >= 15 is 0 Å². The molecular weight excluding hydrogens is 446 g/mol. The summed E-state index contributed by atoms with van der Waals surface area (Å²) in [5.74, 6) is 0.938. The molecule has 0 aliphatic carbocycles. The van der Waals surface area contributed by atoms with Gasteiger partial charge < -0.3 is 14.5 Å². The normalized spacial score (nSPS) is 11.3. The summed E-state index contributed by atoms with van der Waals surface area (Å²) in [4.78, 5) is 17.2. The van der Waals surface area contributed by atoms with Crippen LogP contribution in [-0.4, -0.2) is 23.1 Å². The molecule has 34 heavy (non-hydrogen) atoms. The van der Waals surface area contributed by atoms with Crippen LogP contribution in [0.5, 0.6) is 5.75 Å². The average molecular weight is 474 g/mol. The van der Waals surface area contributed by atoms with Crippen LogP contribution >= 0.6 is 12.2 Å². The highest BCUT2D eigenvalue weighted by Gasteiger charge is 2.16. The van der Waals surface area contributed by atoms with Crippen LogP contribution in [0.25, 0.3) is 22.6 Å². The number of hydrogen-bond acceptors (Lipinski definition) is 5. The molecule has 3 aromatic carbocycles. The van der Waals surface area contributed by atoms with Gasteiger partial charge in [0.25, 0.3) is 5.91 Å². The van der Waals surface area contributed by atoms with Crippen LogP contribution in [0.4, 0.5) is 5.69 Å². The van der Waals surface area contributed by atoms with Gasteiger partial charge in [0, 0.05) is 22.9 Å². The summed E-state index contributed by atoms with van der Waals surface area (Å²) in [6.45, 7) is 8.36. The molecule has 2 N–H and O–H groups in total. The third-order valence-electron chi connectivity index (χ3n) is 5.57. The summed E-state index contributed by atoms with van der Waals surface area (Å²) in [6.07, 6.45) is 0. The molecule has 6 nitrogen and oxygen atoms in total. The molecule has 1 amide bonds. The van der Waals surface area contributed by atoms with Crippen molar-refractivity contribution >= 4 is 40.0 Å². The van der Waals surface area contributed by atoms with Crippen molar-refractivity contribution < 1.29 is 13.9 Å². The first-order chi connectivity index (χ1) is 16.1. The minimum absolute atomic E-state index is 0.0230. The summed E-state index contributed by atoms with van der Waals surface area (Å²) in [5, 5.41) is 6.09. The Hall–Kier alpha value is -3.71. The Balaban J connectivity index is 1.49. The van der Waals surface area contributed by atoms with Gasteiger partial charge in [-0.15, -0.1) is 0 Å². The molecule has 4 rings (SSSR count). The quantitative estimate of drug-likeness (QED) is 0.342. The number of aromatic nitrogens is 1. The maximum atomic E-state index is 12.7. The molecule has 174 valence electrons. The Labute approximate surface area is 204 Å². The van der Waals surface area contributed by atoms with Crippen molar-refractivity contribution in [2.75, 3.05) is 12.4 Å². The van der Waals surface area contributed by atoms with Gasteiger partial charge in [-0.05, 0) is 72.1 Å². The van der Waals surface area contributed by atoms with Crippen LogP contribution in [-0.2, 0) is 5.41 Å². The lowest BCUT2D eigenvalue weighted by Crippen LogP contribution is -2.34. The monoisotopic (exact) mass is 473 g/mol. The number of benzene rings is 3. The van der Waals surface area contributed by atoms with Crippen molar-refractivity contribution in [3.8, 4) is 17.2 Å². The average Bonchev–Trinajstić information content (AvgIpc) is 3.23. The van der Waals surface area contributed by atoms with E-state index in [1.54, 1.807) is 7.11 Å². The molecule has 0 bridgehead atoms. The van der Waals surface area contributed by atoms with E-state index in [0.717, 1.165) is 22.4 Å². The highest BCUT2D eigenvalue weighted by atomic mass is 32.1. The number of oxazole rings is 1. The smallest absolute Gasteiger partial charge is 0.257 e. The number of rotatable bonds is 4. The second-order valence-electron chi connectivity index (χ2n) is 9.12. The maximum Gasteiger partial charge on any atom is 0.257 e. The van der Waals surface area contributed by atoms with Crippen LogP contribution in [0.2, 0.25) is 0 Å². The molecule has 7 heteroatoms. The van der Waals surface area contributed by atoms with E-state index < -0.39 is 0 Å². The minimum atomic E-state index is -0.264. The minimum Gasteiger partial charge on any atom is -0.497 e. The standard InChI is InChI=1S/C27H27N3O3S/c1-16-6-7-18(25-28-22-15-20(32-5)12-13-23(22)33-25)14-21(16)29-26(34)30-24(31)17-8-10-19(11-9-17)27(2,3)4/h6-15H,1-5H3,(H2,29,30,31,34). The van der Waals surface area contributed by atoms with Crippen molar-refractivity contribution in [3.05, 3.63) is 77.4 Å². The number of ether oxygens (including phenoxy) is 1. The summed E-state index contributed by atoms with van der Waals surface area (Å²) >= 11 is 5.40. The summed E-state index contributed by atoms with van der Waals surface area (Å²) < 4.78 is 11.2. The fourth-order valence-corrected chi connectivity index (χ4v) is 3.70. The molecule has 0 unspecified atom stereocenters. The molecule has 0 spiro atoms. The van der Waals surface area contributed by atoms with Crippen molar-refractivity contribution in [2.24, 2.45) is 0 Å². The number of methoxy groups -OCH3 is 1. The van der Waals surface area contributed by atoms with Crippen molar-refractivity contribution in [3.63, 3.8) is 0 Å². The number of nitrogens with one attached hydrogen (secondary N) is 2. The van der Waals surface area contributed by atoms with Gasteiger partial charge >= 0.3 is 0 Å². The van der Waals surface area contributed by atoms with Crippen LogP contribution in [0, 0.1) is 6.92 Å². The first kappa shape index (κ1) is 23.4. The number of carbonyl (C=O) groups excluding carboxylic acids is 1. The van der Waals surface area contributed by atoms with Gasteiger partial charge in [-0.2, -0.15) is 0 Å². The molecule has 0 radical (unpaired) electrons. The predicted octanol–water partition coefficient (Wildman–Crippen LogP) is 6.24. The number of hydrogen-bond donors (Lipinski definition) is 2. The van der Waals surface area contributed by atoms with E-state index in [0.29, 0.717) is 28.3 Å². The van der Waals surface area contributed by atoms with E-state index in [1.165, 1.54) is 0 Å². The van der Waals surface area contributed by atoms with Gasteiger partial charge in [0.2, 0.25) is 5.89 Å². The molecule has 0 saturated heterocycles. The van der Waals surface area contributed by atoms with Crippen molar-refractivity contribution in [1.82, 2.24) is 10.3 Å². The number of thiocarbonyl (C=S) groups is 1. The SMILES string of the molecule is COc1ccc2oc(-c3ccc(C)c(NC(=S)NC(=O)c4ccc(C(C)(C)C)cc4)c3)nc2c1. The number of fused-ring (bicyclic) bond motifs is 1. The molecule has 0 saturated carbocycles. The van der Waals surface area contributed by atoms with Gasteiger partial charge in [-0.25, -0.2) is 4.98 Å². The molecule has 0 aliphatic heterocycles. The zero-order chi connectivity index (χ0) is 24.5. The molecule has 0 fully saturated rings. The Bertz CT molecular complexity index is 1370. The van der Waals surface area contributed by atoms with Gasteiger partial charge in [-0.1, -0.05) is 39.0 Å². The van der Waals surface area contributed by atoms with Crippen LogP contribution < -0.4 is 15.4 Å². The lowest BCUT2D eigenvalue weighted by atomic mass is 9.87. The highest BCUT2D eigenvalue weighted by Crippen LogP contribution is 2.29. The van der Waals surface area contributed by atoms with Gasteiger partial charge in [0.05, 0.1) is 7.11 Å². The third kappa shape index (κ3) is 5.10. The van der Waals surface area contributed by atoms with E-state index in [4.69, 9.17) is 21.4 Å².